The molecule has 0 bridgehead atoms. The third-order valence-corrected chi connectivity index (χ3v) is 12.4. The molecule has 6 aromatic carbocycles. The second kappa shape index (κ2) is 13.3. The fourth-order valence-corrected chi connectivity index (χ4v) is 9.54. The van der Waals surface area contributed by atoms with Crippen LogP contribution in [0.3, 0.4) is 0 Å². The number of aromatic nitrogens is 3. The SMILES string of the molecule is c1ccc(C2=NC(c3ccccc3)=IC(c3cc(-c4cnc5ccccc5c4)cc(-c4ccc5c(c4)c4ccccc4n5-c4ccccn4)c3)=N2)cc1. The highest BCUT2D eigenvalue weighted by atomic mass is 127. The van der Waals surface area contributed by atoms with E-state index in [0.717, 1.165) is 79.9 Å². The van der Waals surface area contributed by atoms with Gasteiger partial charge in [0.15, 0.2) is 5.84 Å². The van der Waals surface area contributed by atoms with Gasteiger partial charge in [-0.05, 0) is 98.1 Å². The van der Waals surface area contributed by atoms with Crippen molar-refractivity contribution in [3.8, 4) is 28.1 Å². The molecule has 0 amide bonds. The van der Waals surface area contributed by atoms with Gasteiger partial charge in [0, 0.05) is 50.8 Å². The number of para-hydroxylation sites is 2. The fraction of sp³-hybridized carbons (Fsp3) is 0. The summed E-state index contributed by atoms with van der Waals surface area (Å²) in [5, 5.41) is 3.49. The summed E-state index contributed by atoms with van der Waals surface area (Å²) < 4.78 is 4.45. The molecule has 0 fully saturated rings. The van der Waals surface area contributed by atoms with E-state index in [0.29, 0.717) is 0 Å². The number of benzene rings is 6. The first-order chi connectivity index (χ1) is 26.2. The molecule has 9 aromatic rings. The molecule has 6 heteroatoms. The van der Waals surface area contributed by atoms with E-state index >= 15 is 0 Å². The number of rotatable bonds is 6. The molecule has 0 unspecified atom stereocenters. The number of nitrogens with zero attached hydrogens (tertiary/aromatic N) is 5. The van der Waals surface area contributed by atoms with Crippen molar-refractivity contribution in [2.45, 2.75) is 0 Å². The molecular weight excluding hydrogens is 761 g/mol. The lowest BCUT2D eigenvalue weighted by Crippen LogP contribution is -2.11. The van der Waals surface area contributed by atoms with Crippen LogP contribution in [0.5, 0.6) is 0 Å². The van der Waals surface area contributed by atoms with E-state index in [1.807, 2.05) is 48.8 Å². The lowest BCUT2D eigenvalue weighted by atomic mass is 9.95. The molecule has 5 nitrogen and oxygen atoms in total. The van der Waals surface area contributed by atoms with E-state index in [2.05, 4.69) is 138 Å². The maximum absolute atomic E-state index is 5.31. The van der Waals surface area contributed by atoms with Crippen LogP contribution in [0.15, 0.2) is 192 Å². The van der Waals surface area contributed by atoms with E-state index in [1.165, 1.54) is 10.8 Å². The topological polar surface area (TPSA) is 55.4 Å². The Morgan fingerprint density at radius 1 is 0.434 bits per heavy atom. The third-order valence-electron chi connectivity index (χ3n) is 9.61. The maximum atomic E-state index is 5.31. The minimum Gasteiger partial charge on any atom is -0.294 e. The minimum absolute atomic E-state index is 0.711. The van der Waals surface area contributed by atoms with Gasteiger partial charge in [-0.1, -0.05) is 109 Å². The molecule has 0 N–H and O–H groups in total. The monoisotopic (exact) mass is 791 g/mol. The summed E-state index contributed by atoms with van der Waals surface area (Å²) >= 11 is -0.711. The summed E-state index contributed by atoms with van der Waals surface area (Å²) in [6.07, 6.45) is 3.84. The molecule has 0 saturated heterocycles. The standard InChI is InChI=1S/C47H30IN5/c1-3-13-31(14-4-1)45-48-46(52-47(51-45)32-15-5-2-6-16-32)37-27-35(26-36(28-37)38-25-34-17-7-9-19-41(34)50-30-38)33-22-23-43-40(29-33)39-18-8-10-20-42(39)53(43)44-21-11-12-24-49-44/h1-30H. The Morgan fingerprint density at radius 3 is 1.96 bits per heavy atom. The molecule has 10 rings (SSSR count). The summed E-state index contributed by atoms with van der Waals surface area (Å²) in [7, 11) is 0. The van der Waals surface area contributed by atoms with Gasteiger partial charge in [0.25, 0.3) is 0 Å². The van der Waals surface area contributed by atoms with Crippen LogP contribution in [0.4, 0.5) is 0 Å². The highest BCUT2D eigenvalue weighted by molar-refractivity contribution is 14.2. The average molecular weight is 792 g/mol. The van der Waals surface area contributed by atoms with Gasteiger partial charge >= 0.3 is 0 Å². The molecule has 0 saturated carbocycles. The largest absolute Gasteiger partial charge is 0.294 e. The van der Waals surface area contributed by atoms with Crippen LogP contribution in [0.25, 0.3) is 60.8 Å². The summed E-state index contributed by atoms with van der Waals surface area (Å²) in [5.74, 6) is 1.65. The van der Waals surface area contributed by atoms with Gasteiger partial charge in [-0.2, -0.15) is 0 Å². The van der Waals surface area contributed by atoms with Gasteiger partial charge in [-0.3, -0.25) is 9.55 Å². The Morgan fingerprint density at radius 2 is 1.13 bits per heavy atom. The quantitative estimate of drug-likeness (QED) is 0.158. The third kappa shape index (κ3) is 5.87. The molecule has 3 aromatic heterocycles. The molecule has 0 aliphatic carbocycles. The Balaban J connectivity index is 1.19. The molecule has 1 aliphatic heterocycles. The number of hydrogen-bond donors (Lipinski definition) is 0. The maximum Gasteiger partial charge on any atom is 0.161 e. The summed E-state index contributed by atoms with van der Waals surface area (Å²) in [6.45, 7) is 0. The number of hydrogen-bond acceptors (Lipinski definition) is 4. The van der Waals surface area contributed by atoms with Crippen molar-refractivity contribution in [1.82, 2.24) is 14.5 Å². The van der Waals surface area contributed by atoms with Crippen molar-refractivity contribution in [3.63, 3.8) is 0 Å². The van der Waals surface area contributed by atoms with Gasteiger partial charge in [0.1, 0.15) is 13.2 Å². The van der Waals surface area contributed by atoms with E-state index in [-0.39, 0.29) is 0 Å². The molecule has 0 atom stereocenters. The number of aliphatic imine (C=N–C) groups is 2. The summed E-state index contributed by atoms with van der Waals surface area (Å²) in [4.78, 5) is 20.1. The Labute approximate surface area is 316 Å². The smallest absolute Gasteiger partial charge is 0.161 e. The second-order valence-corrected chi connectivity index (χ2v) is 15.5. The lowest BCUT2D eigenvalue weighted by Gasteiger charge is -2.15. The molecule has 0 radical (unpaired) electrons. The zero-order valence-corrected chi connectivity index (χ0v) is 30.6. The van der Waals surface area contributed by atoms with Crippen LogP contribution in [0.2, 0.25) is 0 Å². The zero-order valence-electron chi connectivity index (χ0n) is 28.4. The number of fused-ring (bicyclic) bond motifs is 4. The van der Waals surface area contributed by atoms with Crippen LogP contribution in [-0.2, 0) is 0 Å². The van der Waals surface area contributed by atoms with Crippen molar-refractivity contribution in [1.29, 1.82) is 0 Å². The highest BCUT2D eigenvalue weighted by Gasteiger charge is 2.19. The number of amidine groups is 1. The molecule has 0 spiro atoms. The lowest BCUT2D eigenvalue weighted by molar-refractivity contribution is 1.08. The van der Waals surface area contributed by atoms with Gasteiger partial charge in [0.2, 0.25) is 0 Å². The zero-order chi connectivity index (χ0) is 35.1. The first kappa shape index (κ1) is 31.4. The molecule has 4 heterocycles. The van der Waals surface area contributed by atoms with Crippen molar-refractivity contribution in [2.75, 3.05) is 0 Å². The van der Waals surface area contributed by atoms with E-state index in [4.69, 9.17) is 20.0 Å². The normalized spacial score (nSPS) is 13.0. The van der Waals surface area contributed by atoms with Crippen LogP contribution < -0.4 is 0 Å². The Bertz CT molecular complexity index is 2890. The van der Waals surface area contributed by atoms with Crippen molar-refractivity contribution >= 4 is 66.6 Å². The second-order valence-electron chi connectivity index (χ2n) is 12.9. The number of pyridine rings is 2. The van der Waals surface area contributed by atoms with Crippen LogP contribution in [0, 0.1) is 0 Å². The van der Waals surface area contributed by atoms with Crippen LogP contribution >= 0.6 is 20.7 Å². The predicted octanol–water partition coefficient (Wildman–Crippen LogP) is 11.4. The van der Waals surface area contributed by atoms with Crippen LogP contribution in [-0.4, -0.2) is 27.7 Å². The van der Waals surface area contributed by atoms with E-state index in [9.17, 15) is 0 Å². The highest BCUT2D eigenvalue weighted by Crippen LogP contribution is 2.37. The summed E-state index contributed by atoms with van der Waals surface area (Å²) in [5.41, 5.74) is 10.9. The van der Waals surface area contributed by atoms with Crippen LogP contribution in [0.1, 0.15) is 16.7 Å². The van der Waals surface area contributed by atoms with Gasteiger partial charge in [0.05, 0.1) is 16.6 Å². The number of halogens is 1. The Hall–Kier alpha value is -6.38. The van der Waals surface area contributed by atoms with E-state index < -0.39 is 20.7 Å². The molecular formula is C47H30IN5. The first-order valence-corrected chi connectivity index (χ1v) is 19.7. The van der Waals surface area contributed by atoms with Gasteiger partial charge in [-0.15, -0.1) is 0 Å². The van der Waals surface area contributed by atoms with Crippen molar-refractivity contribution in [3.05, 3.63) is 199 Å². The molecule has 1 aliphatic rings. The minimum atomic E-state index is -0.711. The van der Waals surface area contributed by atoms with Crippen molar-refractivity contribution in [2.24, 2.45) is 9.98 Å². The summed E-state index contributed by atoms with van der Waals surface area (Å²) in [6, 6.07) is 59.7. The first-order valence-electron chi connectivity index (χ1n) is 17.5. The molecule has 53 heavy (non-hydrogen) atoms. The Kier molecular flexibility index (Phi) is 7.87. The fourth-order valence-electron chi connectivity index (χ4n) is 7.06. The average Bonchev–Trinajstić information content (AvgIpc) is 3.58. The van der Waals surface area contributed by atoms with E-state index in [1.54, 1.807) is 0 Å². The predicted molar refractivity (Wildman–Crippen MR) is 229 cm³/mol. The van der Waals surface area contributed by atoms with Gasteiger partial charge < -0.3 is 0 Å². The van der Waals surface area contributed by atoms with Crippen molar-refractivity contribution < 1.29 is 0 Å². The van der Waals surface area contributed by atoms with Gasteiger partial charge in [-0.25, -0.2) is 15.0 Å². The molecule has 250 valence electrons.